The van der Waals surface area contributed by atoms with E-state index in [0.29, 0.717) is 17.8 Å². The van der Waals surface area contributed by atoms with Gasteiger partial charge in [-0.2, -0.15) is 0 Å². The van der Waals surface area contributed by atoms with E-state index >= 15 is 0 Å². The van der Waals surface area contributed by atoms with Gasteiger partial charge in [-0.05, 0) is 44.9 Å². The van der Waals surface area contributed by atoms with E-state index < -0.39 is 5.97 Å². The number of rotatable bonds is 6. The summed E-state index contributed by atoms with van der Waals surface area (Å²) in [5.74, 6) is -0.0437. The van der Waals surface area contributed by atoms with Crippen LogP contribution >= 0.6 is 0 Å². The molecule has 3 rings (SSSR count). The number of fused-ring (bicyclic) bond motifs is 1. The van der Waals surface area contributed by atoms with Crippen LogP contribution in [0.2, 0.25) is 0 Å². The van der Waals surface area contributed by atoms with Gasteiger partial charge in [-0.15, -0.1) is 0 Å². The summed E-state index contributed by atoms with van der Waals surface area (Å²) in [6.07, 6.45) is 6.68. The predicted molar refractivity (Wildman–Crippen MR) is 102 cm³/mol. The third kappa shape index (κ3) is 4.81. The molecular weight excluding hydrogens is 346 g/mol. The Labute approximate surface area is 159 Å². The van der Waals surface area contributed by atoms with Crippen LogP contribution in [0.1, 0.15) is 61.6 Å². The lowest BCUT2D eigenvalue weighted by Crippen LogP contribution is -2.37. The summed E-state index contributed by atoms with van der Waals surface area (Å²) < 4.78 is 16.3. The molecule has 0 unspecified atom stereocenters. The Hall–Kier alpha value is -2.50. The van der Waals surface area contributed by atoms with Gasteiger partial charge in [0.2, 0.25) is 5.76 Å². The van der Waals surface area contributed by atoms with Crippen LogP contribution in [0.5, 0.6) is 5.75 Å². The average Bonchev–Trinajstić information content (AvgIpc) is 2.83. The van der Waals surface area contributed by atoms with Gasteiger partial charge in [-0.25, -0.2) is 4.79 Å². The van der Waals surface area contributed by atoms with Crippen molar-refractivity contribution in [1.29, 1.82) is 0 Å². The SMILES string of the molecule is CCOc1ccc2oc(C(=O)OCC(=O)NC3CCCCCC3)c(C)c2c1. The molecule has 1 amide bonds. The molecular formula is C21H27NO5. The van der Waals surface area contributed by atoms with Gasteiger partial charge in [-0.3, -0.25) is 4.79 Å². The van der Waals surface area contributed by atoms with Gasteiger partial charge in [0.05, 0.1) is 6.61 Å². The van der Waals surface area contributed by atoms with E-state index in [2.05, 4.69) is 5.32 Å². The number of nitrogens with one attached hydrogen (secondary N) is 1. The highest BCUT2D eigenvalue weighted by atomic mass is 16.5. The molecule has 27 heavy (non-hydrogen) atoms. The van der Waals surface area contributed by atoms with Crippen LogP contribution in [0, 0.1) is 6.92 Å². The second-order valence-corrected chi connectivity index (χ2v) is 6.98. The second-order valence-electron chi connectivity index (χ2n) is 6.98. The Morgan fingerprint density at radius 2 is 1.93 bits per heavy atom. The van der Waals surface area contributed by atoms with Crippen LogP contribution in [0.4, 0.5) is 0 Å². The fraction of sp³-hybridized carbons (Fsp3) is 0.524. The monoisotopic (exact) mass is 373 g/mol. The highest BCUT2D eigenvalue weighted by Crippen LogP contribution is 2.29. The first-order valence-electron chi connectivity index (χ1n) is 9.71. The third-order valence-corrected chi connectivity index (χ3v) is 4.96. The van der Waals surface area contributed by atoms with Gasteiger partial charge in [0.15, 0.2) is 6.61 Å². The molecule has 1 aromatic heterocycles. The molecule has 1 fully saturated rings. The van der Waals surface area contributed by atoms with Gasteiger partial charge in [-0.1, -0.05) is 25.7 Å². The molecule has 146 valence electrons. The van der Waals surface area contributed by atoms with E-state index in [1.807, 2.05) is 13.0 Å². The zero-order valence-corrected chi connectivity index (χ0v) is 16.0. The van der Waals surface area contributed by atoms with Crippen molar-refractivity contribution in [3.8, 4) is 5.75 Å². The standard InChI is InChI=1S/C21H27NO5/c1-3-25-16-10-11-18-17(12-16)14(2)20(27-18)21(24)26-13-19(23)22-15-8-6-4-5-7-9-15/h10-12,15H,3-9,13H2,1-2H3,(H,22,23). The van der Waals surface area contributed by atoms with Crippen molar-refractivity contribution in [3.05, 3.63) is 29.5 Å². The van der Waals surface area contributed by atoms with Crippen molar-refractivity contribution in [3.63, 3.8) is 0 Å². The minimum atomic E-state index is -0.627. The molecule has 0 spiro atoms. The summed E-state index contributed by atoms with van der Waals surface area (Å²) >= 11 is 0. The van der Waals surface area contributed by atoms with Gasteiger partial charge in [0.25, 0.3) is 5.91 Å². The molecule has 0 radical (unpaired) electrons. The van der Waals surface area contributed by atoms with E-state index in [1.165, 1.54) is 12.8 Å². The molecule has 1 aliphatic carbocycles. The topological polar surface area (TPSA) is 77.8 Å². The summed E-state index contributed by atoms with van der Waals surface area (Å²) in [5.41, 5.74) is 1.27. The third-order valence-electron chi connectivity index (χ3n) is 4.96. The highest BCUT2D eigenvalue weighted by Gasteiger charge is 2.21. The van der Waals surface area contributed by atoms with E-state index in [0.717, 1.165) is 36.8 Å². The number of amides is 1. The lowest BCUT2D eigenvalue weighted by Gasteiger charge is -2.15. The number of aryl methyl sites for hydroxylation is 1. The molecule has 2 aromatic rings. The van der Waals surface area contributed by atoms with Crippen LogP contribution in [0.15, 0.2) is 22.6 Å². The Bertz CT molecular complexity index is 802. The smallest absolute Gasteiger partial charge is 0.375 e. The maximum Gasteiger partial charge on any atom is 0.375 e. The summed E-state index contributed by atoms with van der Waals surface area (Å²) in [7, 11) is 0. The Morgan fingerprint density at radius 1 is 1.19 bits per heavy atom. The fourth-order valence-corrected chi connectivity index (χ4v) is 3.54. The molecule has 6 heteroatoms. The number of benzene rings is 1. The molecule has 6 nitrogen and oxygen atoms in total. The zero-order valence-electron chi connectivity index (χ0n) is 16.0. The second kappa shape index (κ2) is 8.93. The maximum absolute atomic E-state index is 12.4. The maximum atomic E-state index is 12.4. The number of esters is 1. The van der Waals surface area contributed by atoms with E-state index in [9.17, 15) is 9.59 Å². The minimum Gasteiger partial charge on any atom is -0.494 e. The number of hydrogen-bond donors (Lipinski definition) is 1. The minimum absolute atomic E-state index is 0.126. The van der Waals surface area contributed by atoms with Crippen LogP contribution < -0.4 is 10.1 Å². The predicted octanol–water partition coefficient (Wildman–Crippen LogP) is 4.14. The largest absolute Gasteiger partial charge is 0.494 e. The number of hydrogen-bond acceptors (Lipinski definition) is 5. The zero-order chi connectivity index (χ0) is 19.2. The van der Waals surface area contributed by atoms with Gasteiger partial charge >= 0.3 is 5.97 Å². The molecule has 1 aliphatic rings. The van der Waals surface area contributed by atoms with Gasteiger partial charge in [0.1, 0.15) is 11.3 Å². The number of carbonyl (C=O) groups excluding carboxylic acids is 2. The van der Waals surface area contributed by atoms with Crippen molar-refractivity contribution >= 4 is 22.8 Å². The normalized spacial score (nSPS) is 15.3. The van der Waals surface area contributed by atoms with Crippen molar-refractivity contribution in [2.24, 2.45) is 0 Å². The number of ether oxygens (including phenoxy) is 2. The summed E-state index contributed by atoms with van der Waals surface area (Å²) in [6.45, 7) is 3.97. The number of carbonyl (C=O) groups is 2. The van der Waals surface area contributed by atoms with E-state index in [4.69, 9.17) is 13.9 Å². The van der Waals surface area contributed by atoms with Crippen LogP contribution in [-0.4, -0.2) is 31.1 Å². The van der Waals surface area contributed by atoms with Gasteiger partial charge < -0.3 is 19.2 Å². The Balaban J connectivity index is 1.60. The summed E-state index contributed by atoms with van der Waals surface area (Å²) in [4.78, 5) is 24.5. The first kappa shape index (κ1) is 19.3. The van der Waals surface area contributed by atoms with E-state index in [-0.39, 0.29) is 24.3 Å². The number of furan rings is 1. The fourth-order valence-electron chi connectivity index (χ4n) is 3.54. The quantitative estimate of drug-likeness (QED) is 0.608. The molecule has 0 atom stereocenters. The van der Waals surface area contributed by atoms with Crippen molar-refractivity contribution in [1.82, 2.24) is 5.32 Å². The van der Waals surface area contributed by atoms with Crippen molar-refractivity contribution in [2.45, 2.75) is 58.4 Å². The Kier molecular flexibility index (Phi) is 6.37. The van der Waals surface area contributed by atoms with Crippen molar-refractivity contribution < 1.29 is 23.5 Å². The van der Waals surface area contributed by atoms with E-state index in [1.54, 1.807) is 19.1 Å². The molecule has 1 N–H and O–H groups in total. The van der Waals surface area contributed by atoms with Crippen molar-refractivity contribution in [2.75, 3.05) is 13.2 Å². The molecule has 1 heterocycles. The van der Waals surface area contributed by atoms with Crippen LogP contribution in [-0.2, 0) is 9.53 Å². The lowest BCUT2D eigenvalue weighted by molar-refractivity contribution is -0.125. The average molecular weight is 373 g/mol. The molecule has 0 bridgehead atoms. The summed E-state index contributed by atoms with van der Waals surface area (Å²) in [6, 6.07) is 5.59. The lowest BCUT2D eigenvalue weighted by atomic mass is 10.1. The van der Waals surface area contributed by atoms with Gasteiger partial charge in [0, 0.05) is 17.0 Å². The first-order valence-corrected chi connectivity index (χ1v) is 9.71. The van der Waals surface area contributed by atoms with Crippen LogP contribution in [0.25, 0.3) is 11.0 Å². The first-order chi connectivity index (χ1) is 13.1. The molecule has 0 aliphatic heterocycles. The van der Waals surface area contributed by atoms with Crippen LogP contribution in [0.3, 0.4) is 0 Å². The molecule has 0 saturated heterocycles. The summed E-state index contributed by atoms with van der Waals surface area (Å²) in [5, 5.41) is 3.77. The highest BCUT2D eigenvalue weighted by molar-refractivity contribution is 5.97. The Morgan fingerprint density at radius 3 is 2.63 bits per heavy atom. The molecule has 1 aromatic carbocycles. The molecule has 1 saturated carbocycles.